The van der Waals surface area contributed by atoms with Gasteiger partial charge in [0.15, 0.2) is 5.17 Å². The maximum Gasteiger partial charge on any atom is 0.161 e. The summed E-state index contributed by atoms with van der Waals surface area (Å²) in [6.07, 6.45) is 4.17. The maximum absolute atomic E-state index is 4.95. The molecule has 2 aromatic carbocycles. The molecule has 2 aliphatic rings. The summed E-state index contributed by atoms with van der Waals surface area (Å²) in [5.41, 5.74) is 5.46. The van der Waals surface area contributed by atoms with Crippen molar-refractivity contribution in [1.29, 1.82) is 0 Å². The van der Waals surface area contributed by atoms with Crippen LogP contribution in [-0.4, -0.2) is 35.0 Å². The molecule has 2 aliphatic heterocycles. The molecule has 2 heterocycles. The zero-order valence-electron chi connectivity index (χ0n) is 17.0. The molecule has 1 unspecified atom stereocenters. The third-order valence-corrected chi connectivity index (χ3v) is 6.43. The van der Waals surface area contributed by atoms with Crippen LogP contribution in [0.3, 0.4) is 0 Å². The summed E-state index contributed by atoms with van der Waals surface area (Å²) in [5, 5.41) is 4.66. The molecule has 0 bridgehead atoms. The van der Waals surface area contributed by atoms with Gasteiger partial charge < -0.3 is 5.32 Å². The first-order valence-electron chi connectivity index (χ1n) is 10.0. The lowest BCUT2D eigenvalue weighted by molar-refractivity contribution is 0.188. The SMILES string of the molecule is CSC1=NC(C)(C)C2=C(CC(c3ccccc3)N(CCc3ccccc3)C2)N1. The number of hydrogen-bond acceptors (Lipinski definition) is 4. The van der Waals surface area contributed by atoms with Crippen LogP contribution >= 0.6 is 11.8 Å². The van der Waals surface area contributed by atoms with Crippen LogP contribution in [0.1, 0.15) is 37.4 Å². The molecular formula is C24H29N3S. The molecule has 2 aromatic rings. The predicted octanol–water partition coefficient (Wildman–Crippen LogP) is 5.03. The number of rotatable bonds is 4. The highest BCUT2D eigenvalue weighted by molar-refractivity contribution is 8.13. The van der Waals surface area contributed by atoms with E-state index in [1.165, 1.54) is 22.4 Å². The van der Waals surface area contributed by atoms with Crippen molar-refractivity contribution in [3.8, 4) is 0 Å². The molecule has 28 heavy (non-hydrogen) atoms. The van der Waals surface area contributed by atoms with Gasteiger partial charge in [0.05, 0.1) is 5.54 Å². The number of nitrogens with one attached hydrogen (secondary N) is 1. The van der Waals surface area contributed by atoms with Crippen molar-refractivity contribution in [3.63, 3.8) is 0 Å². The minimum absolute atomic E-state index is 0.147. The van der Waals surface area contributed by atoms with E-state index < -0.39 is 0 Å². The standard InChI is InChI=1S/C24H29N3S/c1-24(2)20-17-27(15-14-18-10-6-4-7-11-18)22(19-12-8-5-9-13-19)16-21(20)25-23(26-24)28-3/h4-13,22H,14-17H2,1-3H3,(H,25,26). The summed E-state index contributed by atoms with van der Waals surface area (Å²) in [5.74, 6) is 0. The third-order valence-electron chi connectivity index (χ3n) is 5.85. The van der Waals surface area contributed by atoms with Gasteiger partial charge >= 0.3 is 0 Å². The van der Waals surface area contributed by atoms with E-state index in [9.17, 15) is 0 Å². The Kier molecular flexibility index (Phi) is 5.61. The molecule has 3 nitrogen and oxygen atoms in total. The topological polar surface area (TPSA) is 27.6 Å². The monoisotopic (exact) mass is 391 g/mol. The van der Waals surface area contributed by atoms with Crippen LogP contribution in [0, 0.1) is 0 Å². The van der Waals surface area contributed by atoms with Crippen LogP contribution in [0.25, 0.3) is 0 Å². The molecule has 4 rings (SSSR count). The smallest absolute Gasteiger partial charge is 0.161 e. The molecule has 0 saturated carbocycles. The fourth-order valence-corrected chi connectivity index (χ4v) is 4.82. The minimum atomic E-state index is -0.147. The average molecular weight is 392 g/mol. The van der Waals surface area contributed by atoms with Crippen molar-refractivity contribution in [1.82, 2.24) is 10.2 Å². The van der Waals surface area contributed by atoms with E-state index in [-0.39, 0.29) is 5.54 Å². The first-order valence-corrected chi connectivity index (χ1v) is 11.3. The second-order valence-corrected chi connectivity index (χ2v) is 8.89. The Labute approximate surface area is 172 Å². The van der Waals surface area contributed by atoms with Crippen LogP contribution in [0.5, 0.6) is 0 Å². The average Bonchev–Trinajstić information content (AvgIpc) is 2.72. The maximum atomic E-state index is 4.95. The Morgan fingerprint density at radius 3 is 2.43 bits per heavy atom. The van der Waals surface area contributed by atoms with Crippen LogP contribution in [0.4, 0.5) is 0 Å². The molecule has 0 saturated heterocycles. The van der Waals surface area contributed by atoms with Crippen molar-refractivity contribution in [2.24, 2.45) is 4.99 Å². The normalized spacial score (nSPS) is 21.7. The van der Waals surface area contributed by atoms with Gasteiger partial charge in [0.25, 0.3) is 0 Å². The summed E-state index contributed by atoms with van der Waals surface area (Å²) in [6.45, 7) is 6.51. The van der Waals surface area contributed by atoms with E-state index in [2.05, 4.69) is 91.0 Å². The molecule has 4 heteroatoms. The Morgan fingerprint density at radius 2 is 1.75 bits per heavy atom. The Balaban J connectivity index is 1.62. The van der Waals surface area contributed by atoms with Gasteiger partial charge in [0.1, 0.15) is 0 Å². The molecule has 1 N–H and O–H groups in total. The van der Waals surface area contributed by atoms with E-state index in [1.54, 1.807) is 11.8 Å². The van der Waals surface area contributed by atoms with E-state index in [1.807, 2.05) is 0 Å². The summed E-state index contributed by atoms with van der Waals surface area (Å²) in [4.78, 5) is 7.59. The van der Waals surface area contributed by atoms with E-state index >= 15 is 0 Å². The fraction of sp³-hybridized carbons (Fsp3) is 0.375. The minimum Gasteiger partial charge on any atom is -0.338 e. The lowest BCUT2D eigenvalue weighted by atomic mass is 9.84. The highest BCUT2D eigenvalue weighted by Gasteiger charge is 2.38. The number of benzene rings is 2. The first-order chi connectivity index (χ1) is 13.6. The third kappa shape index (κ3) is 4.03. The molecule has 0 aromatic heterocycles. The largest absolute Gasteiger partial charge is 0.338 e. The van der Waals surface area contributed by atoms with Gasteiger partial charge in [-0.1, -0.05) is 72.4 Å². The zero-order chi connectivity index (χ0) is 19.6. The summed E-state index contributed by atoms with van der Waals surface area (Å²) in [7, 11) is 0. The Morgan fingerprint density at radius 1 is 1.07 bits per heavy atom. The number of thioether (sulfide) groups is 1. The second-order valence-electron chi connectivity index (χ2n) is 8.10. The van der Waals surface area contributed by atoms with Gasteiger partial charge in [0, 0.05) is 31.2 Å². The van der Waals surface area contributed by atoms with E-state index in [0.29, 0.717) is 6.04 Å². The van der Waals surface area contributed by atoms with Gasteiger partial charge in [-0.2, -0.15) is 0 Å². The summed E-state index contributed by atoms with van der Waals surface area (Å²) >= 11 is 1.70. The Bertz CT molecular complexity index is 871. The summed E-state index contributed by atoms with van der Waals surface area (Å²) in [6, 6.07) is 22.2. The number of amidine groups is 1. The fourth-order valence-electron chi connectivity index (χ4n) is 4.27. The lowest BCUT2D eigenvalue weighted by Gasteiger charge is -2.44. The van der Waals surface area contributed by atoms with Gasteiger partial charge in [-0.05, 0) is 43.2 Å². The molecule has 0 aliphatic carbocycles. The lowest BCUT2D eigenvalue weighted by Crippen LogP contribution is -2.47. The van der Waals surface area contributed by atoms with Gasteiger partial charge in [-0.15, -0.1) is 0 Å². The second kappa shape index (κ2) is 8.14. The van der Waals surface area contributed by atoms with Crippen molar-refractivity contribution in [3.05, 3.63) is 83.1 Å². The van der Waals surface area contributed by atoms with Gasteiger partial charge in [-0.3, -0.25) is 9.89 Å². The van der Waals surface area contributed by atoms with Crippen LogP contribution in [0.2, 0.25) is 0 Å². The molecule has 1 atom stereocenters. The van der Waals surface area contributed by atoms with Crippen LogP contribution < -0.4 is 5.32 Å². The highest BCUT2D eigenvalue weighted by atomic mass is 32.2. The molecule has 0 amide bonds. The summed E-state index contributed by atoms with van der Waals surface area (Å²) < 4.78 is 0. The molecular weight excluding hydrogens is 362 g/mol. The molecule has 146 valence electrons. The Hall–Kier alpha value is -2.04. The number of aliphatic imine (C=N–C) groups is 1. The molecule has 0 fully saturated rings. The highest BCUT2D eigenvalue weighted by Crippen LogP contribution is 2.40. The van der Waals surface area contributed by atoms with Crippen LogP contribution in [-0.2, 0) is 6.42 Å². The van der Waals surface area contributed by atoms with Crippen molar-refractivity contribution >= 4 is 16.9 Å². The van der Waals surface area contributed by atoms with E-state index in [0.717, 1.165) is 31.1 Å². The zero-order valence-corrected chi connectivity index (χ0v) is 17.8. The van der Waals surface area contributed by atoms with Crippen molar-refractivity contribution in [2.45, 2.75) is 38.3 Å². The van der Waals surface area contributed by atoms with Crippen LogP contribution in [0.15, 0.2) is 76.9 Å². The number of hydrogen-bond donors (Lipinski definition) is 1. The van der Waals surface area contributed by atoms with Gasteiger partial charge in [0.2, 0.25) is 0 Å². The first kappa shape index (κ1) is 19.3. The van der Waals surface area contributed by atoms with Crippen molar-refractivity contribution < 1.29 is 0 Å². The predicted molar refractivity (Wildman–Crippen MR) is 121 cm³/mol. The van der Waals surface area contributed by atoms with Crippen molar-refractivity contribution in [2.75, 3.05) is 19.3 Å². The van der Waals surface area contributed by atoms with E-state index in [4.69, 9.17) is 4.99 Å². The molecule has 0 spiro atoms. The number of nitrogens with zero attached hydrogens (tertiary/aromatic N) is 2. The molecule has 0 radical (unpaired) electrons. The van der Waals surface area contributed by atoms with Gasteiger partial charge in [-0.25, -0.2) is 0 Å². The quantitative estimate of drug-likeness (QED) is 0.792.